The number of piperidine rings is 1. The number of ether oxygens (including phenoxy) is 2. The highest BCUT2D eigenvalue weighted by atomic mass is 35.5. The summed E-state index contributed by atoms with van der Waals surface area (Å²) in [6, 6.07) is 21.5. The summed E-state index contributed by atoms with van der Waals surface area (Å²) in [4.78, 5) is 25.8. The quantitative estimate of drug-likeness (QED) is 0.247. The molecule has 3 saturated heterocycles. The zero-order valence-corrected chi connectivity index (χ0v) is 23.9. The zero-order chi connectivity index (χ0) is 28.7. The fourth-order valence-corrected chi connectivity index (χ4v) is 6.79. The standard InChI is InChI=1S/C32H34ClN3O5/c1-36(2)27-16-23(17-28(36)31-30(27)41-31)40-32(39)35-26-14-19(8-12-24(26)20-6-4-3-5-7-20)9-13-29(38)34-22-11-10-21(18-37)25(33)15-22/h3-8,10-12,14-15,23,27-28,30-31,37H,9,13,16-18H2,1-2H3,(H-,34,35,38,39)/p+1/t23?,27-,28+,30-,31+. The molecule has 9 heteroatoms. The Kier molecular flexibility index (Phi) is 7.50. The first kappa shape index (κ1) is 27.7. The number of anilines is 2. The van der Waals surface area contributed by atoms with Crippen LogP contribution in [0, 0.1) is 0 Å². The number of aliphatic hydroxyl groups excluding tert-OH is 1. The van der Waals surface area contributed by atoms with Gasteiger partial charge < -0.3 is 24.4 Å². The van der Waals surface area contributed by atoms with Crippen LogP contribution in [0.2, 0.25) is 5.02 Å². The number of aryl methyl sites for hydroxylation is 1. The van der Waals surface area contributed by atoms with Crippen LogP contribution in [-0.4, -0.2) is 66.1 Å². The maximum Gasteiger partial charge on any atom is 0.411 e. The number of benzene rings is 3. The van der Waals surface area contributed by atoms with E-state index in [0.717, 1.165) is 34.0 Å². The molecule has 3 aromatic carbocycles. The second-order valence-electron chi connectivity index (χ2n) is 11.7. The van der Waals surface area contributed by atoms with Crippen LogP contribution in [0.25, 0.3) is 11.1 Å². The molecule has 5 atom stereocenters. The van der Waals surface area contributed by atoms with E-state index >= 15 is 0 Å². The lowest BCUT2D eigenvalue weighted by atomic mass is 9.96. The second-order valence-corrected chi connectivity index (χ2v) is 12.1. The molecule has 0 spiro atoms. The monoisotopic (exact) mass is 576 g/mol. The molecule has 0 aromatic heterocycles. The molecule has 0 saturated carbocycles. The molecular formula is C32H35ClN3O5+. The summed E-state index contributed by atoms with van der Waals surface area (Å²) < 4.78 is 12.7. The van der Waals surface area contributed by atoms with Crippen LogP contribution < -0.4 is 10.6 Å². The third-order valence-corrected chi connectivity index (χ3v) is 9.22. The molecule has 2 amide bonds. The molecule has 0 radical (unpaired) electrons. The summed E-state index contributed by atoms with van der Waals surface area (Å²) in [7, 11) is 4.50. The maximum absolute atomic E-state index is 13.1. The fraction of sp³-hybridized carbons (Fsp3) is 0.375. The molecule has 0 aliphatic carbocycles. The molecule has 1 unspecified atom stereocenters. The molecule has 3 aromatic rings. The Morgan fingerprint density at radius 3 is 2.41 bits per heavy atom. The number of likely N-dealkylation sites (N-methyl/N-ethyl adjacent to an activating group) is 1. The Bertz CT molecular complexity index is 1440. The summed E-state index contributed by atoms with van der Waals surface area (Å²) in [5, 5.41) is 15.6. The topological polar surface area (TPSA) is 100 Å². The number of carbonyl (C=O) groups is 2. The first-order valence-electron chi connectivity index (χ1n) is 14.1. The van der Waals surface area contributed by atoms with Gasteiger partial charge in [-0.25, -0.2) is 4.79 Å². The highest BCUT2D eigenvalue weighted by Crippen LogP contribution is 2.51. The molecule has 3 heterocycles. The van der Waals surface area contributed by atoms with Crippen LogP contribution >= 0.6 is 11.6 Å². The number of epoxide rings is 1. The minimum Gasteiger partial charge on any atom is -0.445 e. The van der Waals surface area contributed by atoms with E-state index in [2.05, 4.69) is 24.7 Å². The summed E-state index contributed by atoms with van der Waals surface area (Å²) in [5.41, 5.74) is 4.59. The van der Waals surface area contributed by atoms with E-state index in [1.807, 2.05) is 48.5 Å². The number of hydrogen-bond acceptors (Lipinski definition) is 5. The second kappa shape index (κ2) is 11.1. The molecule has 3 aliphatic heterocycles. The summed E-state index contributed by atoms with van der Waals surface area (Å²) in [6.07, 6.45) is 2.31. The van der Waals surface area contributed by atoms with Gasteiger partial charge in [-0.1, -0.05) is 60.1 Å². The number of fused-ring (bicyclic) bond motifs is 5. The smallest absolute Gasteiger partial charge is 0.411 e. The molecule has 41 heavy (non-hydrogen) atoms. The molecule has 8 nitrogen and oxygen atoms in total. The van der Waals surface area contributed by atoms with Crippen molar-refractivity contribution >= 4 is 35.0 Å². The van der Waals surface area contributed by atoms with Crippen LogP contribution in [0.4, 0.5) is 16.2 Å². The van der Waals surface area contributed by atoms with Crippen molar-refractivity contribution in [2.24, 2.45) is 0 Å². The average molecular weight is 577 g/mol. The summed E-state index contributed by atoms with van der Waals surface area (Å²) in [5.74, 6) is -0.158. The van der Waals surface area contributed by atoms with E-state index in [1.165, 1.54) is 0 Å². The maximum atomic E-state index is 13.1. The van der Waals surface area contributed by atoms with E-state index in [9.17, 15) is 14.7 Å². The Balaban J connectivity index is 1.12. The van der Waals surface area contributed by atoms with E-state index in [1.54, 1.807) is 18.2 Å². The third-order valence-electron chi connectivity index (χ3n) is 8.87. The van der Waals surface area contributed by atoms with Gasteiger partial charge in [0, 0.05) is 35.5 Å². The molecule has 3 aliphatic rings. The Morgan fingerprint density at radius 2 is 1.73 bits per heavy atom. The molecule has 3 N–H and O–H groups in total. The highest BCUT2D eigenvalue weighted by Gasteiger charge is 2.70. The number of rotatable bonds is 8. The van der Waals surface area contributed by atoms with Crippen molar-refractivity contribution in [2.75, 3.05) is 24.7 Å². The number of aliphatic hydroxyl groups is 1. The lowest BCUT2D eigenvalue weighted by Crippen LogP contribution is -2.60. The van der Waals surface area contributed by atoms with E-state index < -0.39 is 6.09 Å². The van der Waals surface area contributed by atoms with Crippen molar-refractivity contribution in [2.45, 2.75) is 62.7 Å². The van der Waals surface area contributed by atoms with Crippen molar-refractivity contribution in [3.63, 3.8) is 0 Å². The van der Waals surface area contributed by atoms with Crippen molar-refractivity contribution in [1.82, 2.24) is 0 Å². The number of amides is 2. The van der Waals surface area contributed by atoms with Crippen molar-refractivity contribution < 1.29 is 28.7 Å². The van der Waals surface area contributed by atoms with Crippen LogP contribution in [0.1, 0.15) is 30.4 Å². The minimum atomic E-state index is -0.466. The fourth-order valence-electron chi connectivity index (χ4n) is 6.55. The van der Waals surface area contributed by atoms with Gasteiger partial charge in [0.2, 0.25) is 5.91 Å². The van der Waals surface area contributed by atoms with Gasteiger partial charge in [0.15, 0.2) is 0 Å². The van der Waals surface area contributed by atoms with Crippen LogP contribution in [0.5, 0.6) is 0 Å². The van der Waals surface area contributed by atoms with Crippen LogP contribution in [-0.2, 0) is 27.3 Å². The Morgan fingerprint density at radius 1 is 1.00 bits per heavy atom. The largest absolute Gasteiger partial charge is 0.445 e. The number of halogens is 1. The van der Waals surface area contributed by atoms with Gasteiger partial charge >= 0.3 is 6.09 Å². The normalized spacial score (nSPS) is 25.2. The SMILES string of the molecule is C[N+]1(C)[C@@H]2CC(OC(=O)Nc3cc(CCC(=O)Nc4ccc(CO)c(Cl)c4)ccc3-c3ccccc3)C[C@H]1[C@@H]1O[C@@H]12. The predicted octanol–water partition coefficient (Wildman–Crippen LogP) is 5.38. The lowest BCUT2D eigenvalue weighted by molar-refractivity contribution is -0.938. The van der Waals surface area contributed by atoms with E-state index in [-0.39, 0.29) is 25.0 Å². The van der Waals surface area contributed by atoms with Crippen molar-refractivity contribution in [1.29, 1.82) is 0 Å². The van der Waals surface area contributed by atoms with E-state index in [0.29, 0.717) is 52.7 Å². The van der Waals surface area contributed by atoms with Gasteiger partial charge in [-0.2, -0.15) is 0 Å². The third kappa shape index (κ3) is 5.70. The predicted molar refractivity (Wildman–Crippen MR) is 158 cm³/mol. The summed E-state index contributed by atoms with van der Waals surface area (Å²) >= 11 is 6.15. The molecule has 214 valence electrons. The Hall–Kier alpha value is -3.43. The van der Waals surface area contributed by atoms with Gasteiger partial charge in [-0.3, -0.25) is 10.1 Å². The lowest BCUT2D eigenvalue weighted by Gasteiger charge is -2.45. The van der Waals surface area contributed by atoms with Crippen molar-refractivity contribution in [3.05, 3.63) is 82.9 Å². The highest BCUT2D eigenvalue weighted by molar-refractivity contribution is 6.31. The average Bonchev–Trinajstić information content (AvgIpc) is 3.71. The van der Waals surface area contributed by atoms with Gasteiger partial charge in [0.1, 0.15) is 30.4 Å². The van der Waals surface area contributed by atoms with Gasteiger partial charge in [-0.15, -0.1) is 0 Å². The summed E-state index contributed by atoms with van der Waals surface area (Å²) in [6.45, 7) is -0.162. The minimum absolute atomic E-state index is 0.139. The number of nitrogens with zero attached hydrogens (tertiary/aromatic N) is 1. The number of carbonyl (C=O) groups excluding carboxylic acids is 2. The van der Waals surface area contributed by atoms with Crippen LogP contribution in [0.3, 0.4) is 0 Å². The van der Waals surface area contributed by atoms with Crippen molar-refractivity contribution in [3.8, 4) is 11.1 Å². The molecular weight excluding hydrogens is 542 g/mol. The Labute approximate surface area is 244 Å². The first-order valence-corrected chi connectivity index (χ1v) is 14.4. The van der Waals surface area contributed by atoms with E-state index in [4.69, 9.17) is 21.1 Å². The van der Waals surface area contributed by atoms with Gasteiger partial charge in [0.05, 0.1) is 26.4 Å². The molecule has 2 bridgehead atoms. The van der Waals surface area contributed by atoms with Crippen LogP contribution in [0.15, 0.2) is 66.7 Å². The molecule has 3 fully saturated rings. The number of nitrogens with one attached hydrogen (secondary N) is 2. The first-order chi connectivity index (χ1) is 19.7. The number of hydrogen-bond donors (Lipinski definition) is 3. The molecule has 6 rings (SSSR count). The number of morpholine rings is 1. The number of quaternary nitrogens is 1. The van der Waals surface area contributed by atoms with Gasteiger partial charge in [-0.05, 0) is 41.3 Å². The van der Waals surface area contributed by atoms with Gasteiger partial charge in [0.25, 0.3) is 0 Å². The zero-order valence-electron chi connectivity index (χ0n) is 23.2.